The number of aryl methyl sites for hydroxylation is 1. The maximum Gasteiger partial charge on any atom is 0.342 e. The number of esters is 1. The van der Waals surface area contributed by atoms with Crippen LogP contribution in [0.15, 0.2) is 30.3 Å². The van der Waals surface area contributed by atoms with Crippen LogP contribution in [0.1, 0.15) is 27.0 Å². The average molecular weight is 349 g/mol. The third-order valence-corrected chi connectivity index (χ3v) is 3.90. The highest BCUT2D eigenvalue weighted by molar-refractivity contribution is 6.30. The maximum atomic E-state index is 12.4. The summed E-state index contributed by atoms with van der Waals surface area (Å²) in [5.41, 5.74) is 2.88. The smallest absolute Gasteiger partial charge is 0.342 e. The van der Waals surface area contributed by atoms with Crippen molar-refractivity contribution in [2.24, 2.45) is 0 Å². The molecule has 0 spiro atoms. The van der Waals surface area contributed by atoms with Crippen molar-refractivity contribution in [2.75, 3.05) is 13.9 Å². The molecule has 24 heavy (non-hydrogen) atoms. The van der Waals surface area contributed by atoms with E-state index in [1.165, 1.54) is 7.11 Å². The summed E-state index contributed by atoms with van der Waals surface area (Å²) in [6.07, 6.45) is 0. The molecule has 1 aliphatic heterocycles. The van der Waals surface area contributed by atoms with Gasteiger partial charge in [-0.3, -0.25) is 0 Å². The van der Waals surface area contributed by atoms with Crippen LogP contribution in [0.2, 0.25) is 5.02 Å². The molecule has 0 radical (unpaired) electrons. The number of methoxy groups -OCH3 is 1. The van der Waals surface area contributed by atoms with Gasteiger partial charge in [0.15, 0.2) is 6.79 Å². The molecule has 0 aromatic heterocycles. The summed E-state index contributed by atoms with van der Waals surface area (Å²) in [4.78, 5) is 12.4. The fraction of sp³-hybridized carbons (Fsp3) is 0.278. The van der Waals surface area contributed by atoms with E-state index in [1.807, 2.05) is 13.0 Å². The first-order valence-corrected chi connectivity index (χ1v) is 7.80. The number of halogens is 1. The van der Waals surface area contributed by atoms with Crippen molar-refractivity contribution in [3.63, 3.8) is 0 Å². The minimum Gasteiger partial charge on any atom is -0.496 e. The number of fused-ring (bicyclic) bond motifs is 1. The molecule has 0 unspecified atom stereocenters. The van der Waals surface area contributed by atoms with Crippen LogP contribution in [-0.2, 0) is 22.7 Å². The van der Waals surface area contributed by atoms with Gasteiger partial charge < -0.3 is 18.9 Å². The van der Waals surface area contributed by atoms with Crippen molar-refractivity contribution in [3.05, 3.63) is 57.6 Å². The van der Waals surface area contributed by atoms with E-state index in [0.717, 1.165) is 11.1 Å². The third-order valence-electron chi connectivity index (χ3n) is 3.69. The van der Waals surface area contributed by atoms with Gasteiger partial charge in [-0.15, -0.1) is 0 Å². The Hall–Kier alpha value is -2.24. The number of carbonyl (C=O) groups is 1. The maximum absolute atomic E-state index is 12.4. The van der Waals surface area contributed by atoms with Crippen LogP contribution >= 0.6 is 11.6 Å². The first kappa shape index (κ1) is 16.6. The average Bonchev–Trinajstić information content (AvgIpc) is 2.59. The Morgan fingerprint density at radius 2 is 2.12 bits per heavy atom. The standard InChI is InChI=1S/C18H17ClO5/c1-11-3-4-16(21-2)15(5-11)18(20)23-9-13-7-14(19)6-12-8-22-10-24-17(12)13/h3-7H,8-10H2,1-2H3. The van der Waals surface area contributed by atoms with Crippen molar-refractivity contribution in [3.8, 4) is 11.5 Å². The fourth-order valence-electron chi connectivity index (χ4n) is 2.57. The van der Waals surface area contributed by atoms with Gasteiger partial charge in [0.2, 0.25) is 0 Å². The fourth-order valence-corrected chi connectivity index (χ4v) is 2.83. The zero-order valence-electron chi connectivity index (χ0n) is 13.4. The molecule has 0 fully saturated rings. The molecule has 0 saturated heterocycles. The number of rotatable bonds is 4. The van der Waals surface area contributed by atoms with Crippen molar-refractivity contribution < 1.29 is 23.7 Å². The van der Waals surface area contributed by atoms with E-state index in [2.05, 4.69) is 0 Å². The highest BCUT2D eigenvalue weighted by Gasteiger charge is 2.19. The molecule has 0 N–H and O–H groups in total. The molecule has 2 aromatic carbocycles. The minimum absolute atomic E-state index is 0.0544. The Kier molecular flexibility index (Phi) is 4.92. The normalized spacial score (nSPS) is 13.0. The number of ether oxygens (including phenoxy) is 4. The van der Waals surface area contributed by atoms with Gasteiger partial charge in [0.1, 0.15) is 23.7 Å². The number of benzene rings is 2. The molecule has 6 heteroatoms. The zero-order valence-corrected chi connectivity index (χ0v) is 14.2. The van der Waals surface area contributed by atoms with E-state index < -0.39 is 5.97 Å². The molecule has 0 bridgehead atoms. The molecule has 0 aliphatic carbocycles. The van der Waals surface area contributed by atoms with Crippen LogP contribution < -0.4 is 9.47 Å². The highest BCUT2D eigenvalue weighted by Crippen LogP contribution is 2.32. The minimum atomic E-state index is -0.462. The molecule has 1 aliphatic rings. The SMILES string of the molecule is COc1ccc(C)cc1C(=O)OCc1cc(Cl)cc2c1OCOC2. The van der Waals surface area contributed by atoms with E-state index in [0.29, 0.717) is 34.3 Å². The Morgan fingerprint density at radius 3 is 2.92 bits per heavy atom. The van der Waals surface area contributed by atoms with Crippen LogP contribution in [0.4, 0.5) is 0 Å². The molecule has 3 rings (SSSR count). The van der Waals surface area contributed by atoms with Crippen LogP contribution in [0.3, 0.4) is 0 Å². The van der Waals surface area contributed by atoms with Crippen LogP contribution in [-0.4, -0.2) is 19.9 Å². The predicted octanol–water partition coefficient (Wildman–Crippen LogP) is 3.88. The number of hydrogen-bond acceptors (Lipinski definition) is 5. The molecule has 0 atom stereocenters. The summed E-state index contributed by atoms with van der Waals surface area (Å²) in [7, 11) is 1.52. The van der Waals surface area contributed by atoms with Gasteiger partial charge in [0, 0.05) is 16.1 Å². The van der Waals surface area contributed by atoms with Crippen LogP contribution in [0.25, 0.3) is 0 Å². The molecular formula is C18H17ClO5. The predicted molar refractivity (Wildman–Crippen MR) is 88.6 cm³/mol. The quantitative estimate of drug-likeness (QED) is 0.785. The molecule has 1 heterocycles. The Morgan fingerprint density at radius 1 is 1.29 bits per heavy atom. The lowest BCUT2D eigenvalue weighted by atomic mass is 10.1. The Labute approximate surface area is 145 Å². The van der Waals surface area contributed by atoms with Gasteiger partial charge in [-0.2, -0.15) is 0 Å². The number of hydrogen-bond donors (Lipinski definition) is 0. The van der Waals surface area contributed by atoms with Crippen LogP contribution in [0, 0.1) is 6.92 Å². The zero-order chi connectivity index (χ0) is 17.1. The first-order chi connectivity index (χ1) is 11.6. The van der Waals surface area contributed by atoms with Gasteiger partial charge in [0.05, 0.1) is 13.7 Å². The van der Waals surface area contributed by atoms with E-state index in [1.54, 1.807) is 24.3 Å². The summed E-state index contributed by atoms with van der Waals surface area (Å²) in [6.45, 7) is 2.54. The van der Waals surface area contributed by atoms with Gasteiger partial charge in [-0.25, -0.2) is 4.79 Å². The largest absolute Gasteiger partial charge is 0.496 e. The lowest BCUT2D eigenvalue weighted by Crippen LogP contribution is -2.14. The van der Waals surface area contributed by atoms with E-state index in [-0.39, 0.29) is 13.4 Å². The summed E-state index contributed by atoms with van der Waals surface area (Å²) < 4.78 is 21.4. The third kappa shape index (κ3) is 3.47. The van der Waals surface area contributed by atoms with Crippen molar-refractivity contribution in [1.82, 2.24) is 0 Å². The Balaban J connectivity index is 1.80. The van der Waals surface area contributed by atoms with E-state index >= 15 is 0 Å². The topological polar surface area (TPSA) is 54.0 Å². The summed E-state index contributed by atoms with van der Waals surface area (Å²) in [6, 6.07) is 8.86. The summed E-state index contributed by atoms with van der Waals surface area (Å²) in [5.74, 6) is 0.675. The van der Waals surface area contributed by atoms with Crippen LogP contribution in [0.5, 0.6) is 11.5 Å². The summed E-state index contributed by atoms with van der Waals surface area (Å²) in [5, 5.41) is 0.544. The van der Waals surface area contributed by atoms with Gasteiger partial charge >= 0.3 is 5.97 Å². The second-order valence-electron chi connectivity index (χ2n) is 5.44. The second-order valence-corrected chi connectivity index (χ2v) is 5.88. The molecule has 126 valence electrons. The second kappa shape index (κ2) is 7.11. The highest BCUT2D eigenvalue weighted by atomic mass is 35.5. The monoisotopic (exact) mass is 348 g/mol. The van der Waals surface area contributed by atoms with Crippen molar-refractivity contribution in [1.29, 1.82) is 0 Å². The number of carbonyl (C=O) groups excluding carboxylic acids is 1. The molecule has 0 amide bonds. The molecule has 5 nitrogen and oxygen atoms in total. The lowest BCUT2D eigenvalue weighted by molar-refractivity contribution is -0.0180. The molecular weight excluding hydrogens is 332 g/mol. The van der Waals surface area contributed by atoms with Crippen molar-refractivity contribution in [2.45, 2.75) is 20.1 Å². The lowest BCUT2D eigenvalue weighted by Gasteiger charge is -2.21. The van der Waals surface area contributed by atoms with Gasteiger partial charge in [-0.05, 0) is 31.2 Å². The van der Waals surface area contributed by atoms with Gasteiger partial charge in [0.25, 0.3) is 0 Å². The van der Waals surface area contributed by atoms with Crippen molar-refractivity contribution >= 4 is 17.6 Å². The van der Waals surface area contributed by atoms with Gasteiger partial charge in [-0.1, -0.05) is 23.2 Å². The van der Waals surface area contributed by atoms with E-state index in [9.17, 15) is 4.79 Å². The summed E-state index contributed by atoms with van der Waals surface area (Å²) >= 11 is 6.11. The molecule has 2 aromatic rings. The molecule has 0 saturated carbocycles. The first-order valence-electron chi connectivity index (χ1n) is 7.42. The Bertz CT molecular complexity index is 772. The van der Waals surface area contributed by atoms with E-state index in [4.69, 9.17) is 30.5 Å².